The zero-order valence-corrected chi connectivity index (χ0v) is 11.0. The van der Waals surface area contributed by atoms with E-state index in [4.69, 9.17) is 10.8 Å². The van der Waals surface area contributed by atoms with Crippen LogP contribution >= 0.6 is 0 Å². The second-order valence-electron chi connectivity index (χ2n) is 5.07. The maximum Gasteiger partial charge on any atom is 0.326 e. The third-order valence-electron chi connectivity index (χ3n) is 3.74. The Morgan fingerprint density at radius 3 is 2.61 bits per heavy atom. The molecule has 0 aliphatic heterocycles. The van der Waals surface area contributed by atoms with E-state index in [-0.39, 0.29) is 17.7 Å². The van der Waals surface area contributed by atoms with Crippen LogP contribution in [0, 0.1) is 11.8 Å². The lowest BCUT2D eigenvalue weighted by molar-refractivity contribution is -0.143. The monoisotopic (exact) mass is 256 g/mol. The van der Waals surface area contributed by atoms with Gasteiger partial charge in [0.25, 0.3) is 0 Å². The summed E-state index contributed by atoms with van der Waals surface area (Å²) in [6.07, 6.45) is 5.15. The molecule has 1 saturated carbocycles. The van der Waals surface area contributed by atoms with Gasteiger partial charge in [0.05, 0.1) is 0 Å². The van der Waals surface area contributed by atoms with Gasteiger partial charge in [0.1, 0.15) is 6.04 Å². The van der Waals surface area contributed by atoms with Crippen LogP contribution in [0.25, 0.3) is 0 Å². The maximum atomic E-state index is 12.1. The van der Waals surface area contributed by atoms with E-state index >= 15 is 0 Å². The number of carboxylic acids is 1. The van der Waals surface area contributed by atoms with Gasteiger partial charge in [-0.1, -0.05) is 26.2 Å². The number of aliphatic carboxylic acids is 1. The highest BCUT2D eigenvalue weighted by atomic mass is 16.4. The van der Waals surface area contributed by atoms with Crippen molar-refractivity contribution in [2.75, 3.05) is 6.54 Å². The minimum absolute atomic E-state index is 0.109. The molecule has 0 radical (unpaired) electrons. The molecule has 0 bridgehead atoms. The summed E-state index contributed by atoms with van der Waals surface area (Å²) >= 11 is 0. The van der Waals surface area contributed by atoms with E-state index in [1.54, 1.807) is 0 Å². The van der Waals surface area contributed by atoms with Crippen LogP contribution in [-0.2, 0) is 9.59 Å². The molecule has 5 nitrogen and oxygen atoms in total. The van der Waals surface area contributed by atoms with E-state index in [9.17, 15) is 9.59 Å². The minimum atomic E-state index is -0.953. The number of hydrogen-bond donors (Lipinski definition) is 3. The van der Waals surface area contributed by atoms with Gasteiger partial charge < -0.3 is 16.2 Å². The zero-order chi connectivity index (χ0) is 13.5. The molecule has 1 amide bonds. The molecule has 18 heavy (non-hydrogen) atoms. The Morgan fingerprint density at radius 1 is 1.39 bits per heavy atom. The van der Waals surface area contributed by atoms with E-state index in [2.05, 4.69) is 5.32 Å². The van der Waals surface area contributed by atoms with Crippen LogP contribution in [0.3, 0.4) is 0 Å². The highest BCUT2D eigenvalue weighted by molar-refractivity contribution is 5.85. The van der Waals surface area contributed by atoms with Crippen LogP contribution in [0.15, 0.2) is 0 Å². The Morgan fingerprint density at radius 2 is 2.06 bits per heavy atom. The van der Waals surface area contributed by atoms with E-state index < -0.39 is 12.0 Å². The molecule has 1 fully saturated rings. The van der Waals surface area contributed by atoms with Crippen LogP contribution < -0.4 is 11.1 Å². The first-order chi connectivity index (χ1) is 8.60. The predicted octanol–water partition coefficient (Wildman–Crippen LogP) is 1.12. The summed E-state index contributed by atoms with van der Waals surface area (Å²) in [5, 5.41) is 11.7. The Kier molecular flexibility index (Phi) is 6.12. The maximum absolute atomic E-state index is 12.1. The number of nitrogens with two attached hydrogens (primary N) is 1. The van der Waals surface area contributed by atoms with Crippen LogP contribution in [0.2, 0.25) is 0 Å². The summed E-state index contributed by atoms with van der Waals surface area (Å²) in [6, 6.07) is -0.761. The van der Waals surface area contributed by atoms with Gasteiger partial charge in [-0.05, 0) is 31.7 Å². The molecule has 0 aromatic carbocycles. The SMILES string of the molecule is CCC[C@H](NC(=O)C1CCCCC1CN)C(=O)O. The molecule has 0 aromatic heterocycles. The van der Waals surface area contributed by atoms with Crippen molar-refractivity contribution >= 4 is 11.9 Å². The molecule has 4 N–H and O–H groups in total. The largest absolute Gasteiger partial charge is 0.480 e. The molecular formula is C13H24N2O3. The summed E-state index contributed by atoms with van der Waals surface area (Å²) in [5.41, 5.74) is 5.68. The van der Waals surface area contributed by atoms with Crippen LogP contribution in [0.5, 0.6) is 0 Å². The number of rotatable bonds is 6. The minimum Gasteiger partial charge on any atom is -0.480 e. The fraction of sp³-hybridized carbons (Fsp3) is 0.846. The highest BCUT2D eigenvalue weighted by Gasteiger charge is 2.32. The van der Waals surface area contributed by atoms with Crippen molar-refractivity contribution < 1.29 is 14.7 Å². The van der Waals surface area contributed by atoms with E-state index in [1.807, 2.05) is 6.92 Å². The molecule has 0 heterocycles. The third kappa shape index (κ3) is 3.98. The lowest BCUT2D eigenvalue weighted by Crippen LogP contribution is -2.46. The van der Waals surface area contributed by atoms with E-state index in [0.717, 1.165) is 32.1 Å². The first-order valence-corrected chi connectivity index (χ1v) is 6.83. The molecule has 3 atom stereocenters. The Bertz CT molecular complexity index is 294. The molecule has 1 aliphatic rings. The second kappa shape index (κ2) is 7.36. The highest BCUT2D eigenvalue weighted by Crippen LogP contribution is 2.29. The summed E-state index contributed by atoms with van der Waals surface area (Å²) in [6.45, 7) is 2.41. The number of carbonyl (C=O) groups is 2. The smallest absolute Gasteiger partial charge is 0.326 e. The number of nitrogens with one attached hydrogen (secondary N) is 1. The van der Waals surface area contributed by atoms with Gasteiger partial charge in [0.15, 0.2) is 0 Å². The van der Waals surface area contributed by atoms with Crippen molar-refractivity contribution in [3.63, 3.8) is 0 Å². The number of carboxylic acid groups (broad SMARTS) is 1. The van der Waals surface area contributed by atoms with Crippen molar-refractivity contribution in [3.05, 3.63) is 0 Å². The summed E-state index contributed by atoms with van der Waals surface area (Å²) in [5.74, 6) is -0.992. The van der Waals surface area contributed by atoms with Gasteiger partial charge in [0.2, 0.25) is 5.91 Å². The molecule has 2 unspecified atom stereocenters. The normalized spacial score (nSPS) is 25.4. The molecule has 104 valence electrons. The van der Waals surface area contributed by atoms with Gasteiger partial charge in [-0.15, -0.1) is 0 Å². The first-order valence-electron chi connectivity index (χ1n) is 6.83. The van der Waals surface area contributed by atoms with Crippen LogP contribution in [0.4, 0.5) is 0 Å². The van der Waals surface area contributed by atoms with Crippen molar-refractivity contribution in [2.45, 2.75) is 51.5 Å². The zero-order valence-electron chi connectivity index (χ0n) is 11.0. The third-order valence-corrected chi connectivity index (χ3v) is 3.74. The molecule has 1 aliphatic carbocycles. The summed E-state index contributed by atoms with van der Waals surface area (Å²) in [4.78, 5) is 23.1. The van der Waals surface area contributed by atoms with Gasteiger partial charge in [-0.2, -0.15) is 0 Å². The Balaban J connectivity index is 2.58. The predicted molar refractivity (Wildman–Crippen MR) is 69.0 cm³/mol. The molecule has 5 heteroatoms. The van der Waals surface area contributed by atoms with Crippen LogP contribution in [-0.4, -0.2) is 29.6 Å². The van der Waals surface area contributed by atoms with Gasteiger partial charge in [-0.3, -0.25) is 4.79 Å². The number of hydrogen-bond acceptors (Lipinski definition) is 3. The number of amides is 1. The van der Waals surface area contributed by atoms with Crippen molar-refractivity contribution in [1.82, 2.24) is 5.32 Å². The van der Waals surface area contributed by atoms with Gasteiger partial charge >= 0.3 is 5.97 Å². The lowest BCUT2D eigenvalue weighted by atomic mass is 9.78. The fourth-order valence-electron chi connectivity index (χ4n) is 2.66. The van der Waals surface area contributed by atoms with Crippen molar-refractivity contribution in [1.29, 1.82) is 0 Å². The van der Waals surface area contributed by atoms with E-state index in [1.165, 1.54) is 0 Å². The Hall–Kier alpha value is -1.10. The topological polar surface area (TPSA) is 92.4 Å². The molecule has 0 spiro atoms. The van der Waals surface area contributed by atoms with Crippen LogP contribution in [0.1, 0.15) is 45.4 Å². The van der Waals surface area contributed by atoms with E-state index in [0.29, 0.717) is 13.0 Å². The standard InChI is InChI=1S/C13H24N2O3/c1-2-5-11(13(17)18)15-12(16)10-7-4-3-6-9(10)8-14/h9-11H,2-8,14H2,1H3,(H,15,16)(H,17,18)/t9?,10?,11-/m0/s1. The molecule has 0 aromatic rings. The Labute approximate surface area is 108 Å². The average Bonchev–Trinajstić information content (AvgIpc) is 2.37. The van der Waals surface area contributed by atoms with Gasteiger partial charge in [0, 0.05) is 5.92 Å². The molecule has 0 saturated heterocycles. The van der Waals surface area contributed by atoms with Crippen molar-refractivity contribution in [2.24, 2.45) is 17.6 Å². The first kappa shape index (κ1) is 15.0. The summed E-state index contributed by atoms with van der Waals surface area (Å²) < 4.78 is 0. The lowest BCUT2D eigenvalue weighted by Gasteiger charge is -2.30. The molecular weight excluding hydrogens is 232 g/mol. The summed E-state index contributed by atoms with van der Waals surface area (Å²) in [7, 11) is 0. The van der Waals surface area contributed by atoms with Gasteiger partial charge in [-0.25, -0.2) is 4.79 Å². The molecule has 1 rings (SSSR count). The van der Waals surface area contributed by atoms with Crippen molar-refractivity contribution in [3.8, 4) is 0 Å². The second-order valence-corrected chi connectivity index (χ2v) is 5.07. The fourth-order valence-corrected chi connectivity index (χ4v) is 2.66. The quantitative estimate of drug-likeness (QED) is 0.664. The number of carbonyl (C=O) groups excluding carboxylic acids is 1. The average molecular weight is 256 g/mol.